The Bertz CT molecular complexity index is 737. The number of ether oxygens (including phenoxy) is 1. The number of benzene rings is 1. The molecule has 0 saturated carbocycles. The molecule has 2 aromatic rings. The number of H-pyrrole nitrogens is 1. The van der Waals surface area contributed by atoms with Crippen LogP contribution in [0.4, 0.5) is 18.9 Å². The first-order valence-electron chi connectivity index (χ1n) is 6.03. The number of pyridine rings is 1. The minimum Gasteiger partial charge on any atom is -0.489 e. The molecular formula is C13H11F3N2O2. The monoisotopic (exact) mass is 284 g/mol. The van der Waals surface area contributed by atoms with Crippen LogP contribution in [0.5, 0.6) is 5.75 Å². The van der Waals surface area contributed by atoms with Gasteiger partial charge < -0.3 is 15.0 Å². The molecule has 0 spiro atoms. The van der Waals surface area contributed by atoms with Crippen LogP contribution in [0.1, 0.15) is 12.5 Å². The summed E-state index contributed by atoms with van der Waals surface area (Å²) in [6.45, 7) is 2.13. The smallest absolute Gasteiger partial charge is 0.417 e. The molecule has 2 heterocycles. The summed E-state index contributed by atoms with van der Waals surface area (Å²) in [5.74, 6) is 0.129. The maximum absolute atomic E-state index is 13.1. The molecule has 2 N–H and O–H groups in total. The van der Waals surface area contributed by atoms with E-state index in [-0.39, 0.29) is 29.3 Å². The Balaban J connectivity index is 2.38. The fraction of sp³-hybridized carbons (Fsp3) is 0.308. The molecule has 0 amide bonds. The quantitative estimate of drug-likeness (QED) is 0.782. The number of nitrogens with one attached hydrogen (secondary N) is 2. The lowest BCUT2D eigenvalue weighted by atomic mass is 10.0. The molecule has 106 valence electrons. The molecule has 0 fully saturated rings. The van der Waals surface area contributed by atoms with Gasteiger partial charge in [0.25, 0.3) is 0 Å². The van der Waals surface area contributed by atoms with E-state index in [0.717, 1.165) is 0 Å². The Morgan fingerprint density at radius 3 is 2.80 bits per heavy atom. The number of halogens is 3. The molecule has 1 aromatic carbocycles. The van der Waals surface area contributed by atoms with Gasteiger partial charge in [0.2, 0.25) is 5.56 Å². The van der Waals surface area contributed by atoms with Crippen LogP contribution in [0.15, 0.2) is 23.0 Å². The van der Waals surface area contributed by atoms with Crippen molar-refractivity contribution in [3.05, 3.63) is 34.1 Å². The molecule has 0 bridgehead atoms. The molecule has 0 saturated heterocycles. The van der Waals surface area contributed by atoms with E-state index < -0.39 is 17.3 Å². The highest BCUT2D eigenvalue weighted by atomic mass is 19.4. The van der Waals surface area contributed by atoms with Crippen LogP contribution in [-0.4, -0.2) is 17.6 Å². The second kappa shape index (κ2) is 4.16. The zero-order valence-electron chi connectivity index (χ0n) is 10.5. The van der Waals surface area contributed by atoms with Crippen LogP contribution in [0.2, 0.25) is 0 Å². The number of fused-ring (bicyclic) bond motifs is 3. The maximum Gasteiger partial charge on any atom is 0.417 e. The lowest BCUT2D eigenvalue weighted by Crippen LogP contribution is -2.28. The molecule has 1 aliphatic rings. The van der Waals surface area contributed by atoms with E-state index >= 15 is 0 Å². The molecular weight excluding hydrogens is 273 g/mol. The SMILES string of the molecule is C[C@@H]1COc2c(ccc3[nH]c(=O)cc(C(F)(F)F)c23)N1. The Hall–Kier alpha value is -2.18. The highest BCUT2D eigenvalue weighted by molar-refractivity contribution is 5.94. The number of anilines is 1. The number of hydrogen-bond acceptors (Lipinski definition) is 3. The molecule has 0 radical (unpaired) electrons. The van der Waals surface area contributed by atoms with Crippen molar-refractivity contribution >= 4 is 16.6 Å². The van der Waals surface area contributed by atoms with Gasteiger partial charge in [-0.15, -0.1) is 0 Å². The normalized spacial score (nSPS) is 18.3. The summed E-state index contributed by atoms with van der Waals surface area (Å²) in [5.41, 5.74) is -1.17. The second-order valence-corrected chi connectivity index (χ2v) is 4.77. The summed E-state index contributed by atoms with van der Waals surface area (Å²) in [5, 5.41) is 2.94. The summed E-state index contributed by atoms with van der Waals surface area (Å²) in [6.07, 6.45) is -4.62. The minimum absolute atomic E-state index is 0.0112. The van der Waals surface area contributed by atoms with E-state index in [4.69, 9.17) is 4.74 Å². The number of rotatable bonds is 0. The fourth-order valence-corrected chi connectivity index (χ4v) is 2.33. The highest BCUT2D eigenvalue weighted by Gasteiger charge is 2.35. The molecule has 1 aliphatic heterocycles. The predicted molar refractivity (Wildman–Crippen MR) is 68.2 cm³/mol. The van der Waals surface area contributed by atoms with Crippen LogP contribution in [0.25, 0.3) is 10.9 Å². The Kier molecular flexibility index (Phi) is 2.67. The number of aromatic nitrogens is 1. The van der Waals surface area contributed by atoms with Crippen molar-refractivity contribution in [3.8, 4) is 5.75 Å². The summed E-state index contributed by atoms with van der Waals surface area (Å²) in [6, 6.07) is 3.61. The first-order valence-corrected chi connectivity index (χ1v) is 6.03. The average molecular weight is 284 g/mol. The second-order valence-electron chi connectivity index (χ2n) is 4.77. The molecule has 4 nitrogen and oxygen atoms in total. The fourth-order valence-electron chi connectivity index (χ4n) is 2.33. The zero-order chi connectivity index (χ0) is 14.5. The molecule has 0 unspecified atom stereocenters. The standard InChI is InChI=1S/C13H11F3N2O2/c1-6-5-20-12-9(17-6)3-2-8-11(12)7(13(14,15)16)4-10(19)18-8/h2-4,6,17H,5H2,1H3,(H,18,19)/t6-/m1/s1. The van der Waals surface area contributed by atoms with E-state index in [9.17, 15) is 18.0 Å². The first kappa shape index (κ1) is 12.8. The third-order valence-electron chi connectivity index (χ3n) is 3.15. The van der Waals surface area contributed by atoms with Crippen molar-refractivity contribution in [2.45, 2.75) is 19.1 Å². The first-order chi connectivity index (χ1) is 9.36. The maximum atomic E-state index is 13.1. The van der Waals surface area contributed by atoms with Gasteiger partial charge in [0.05, 0.1) is 28.2 Å². The third kappa shape index (κ3) is 1.99. The van der Waals surface area contributed by atoms with Crippen LogP contribution in [-0.2, 0) is 6.18 Å². The third-order valence-corrected chi connectivity index (χ3v) is 3.15. The van der Waals surface area contributed by atoms with Gasteiger partial charge in [-0.25, -0.2) is 0 Å². The van der Waals surface area contributed by atoms with Gasteiger partial charge in [-0.3, -0.25) is 4.79 Å². The van der Waals surface area contributed by atoms with Crippen molar-refractivity contribution in [2.24, 2.45) is 0 Å². The summed E-state index contributed by atoms with van der Waals surface area (Å²) < 4.78 is 44.8. The number of aromatic amines is 1. The van der Waals surface area contributed by atoms with Gasteiger partial charge >= 0.3 is 6.18 Å². The van der Waals surface area contributed by atoms with Crippen LogP contribution in [0, 0.1) is 0 Å². The lowest BCUT2D eigenvalue weighted by molar-refractivity contribution is -0.136. The number of alkyl halides is 3. The Morgan fingerprint density at radius 2 is 2.10 bits per heavy atom. The summed E-state index contributed by atoms with van der Waals surface area (Å²) in [4.78, 5) is 13.8. The van der Waals surface area contributed by atoms with Gasteiger partial charge in [-0.1, -0.05) is 0 Å². The van der Waals surface area contributed by atoms with Crippen LogP contribution < -0.4 is 15.6 Å². The predicted octanol–water partition coefficient (Wildman–Crippen LogP) is 2.74. The lowest BCUT2D eigenvalue weighted by Gasteiger charge is -2.26. The molecule has 7 heteroatoms. The molecule has 3 rings (SSSR count). The van der Waals surface area contributed by atoms with Crippen molar-refractivity contribution < 1.29 is 17.9 Å². The average Bonchev–Trinajstić information content (AvgIpc) is 2.36. The minimum atomic E-state index is -4.62. The topological polar surface area (TPSA) is 54.1 Å². The van der Waals surface area contributed by atoms with Crippen molar-refractivity contribution in [1.82, 2.24) is 4.98 Å². The summed E-state index contributed by atoms with van der Waals surface area (Å²) in [7, 11) is 0. The van der Waals surface area contributed by atoms with Crippen molar-refractivity contribution in [1.29, 1.82) is 0 Å². The van der Waals surface area contributed by atoms with Gasteiger partial charge in [0, 0.05) is 6.07 Å². The zero-order valence-corrected chi connectivity index (χ0v) is 10.5. The Labute approximate surface area is 111 Å². The van der Waals surface area contributed by atoms with Gasteiger partial charge in [0.15, 0.2) is 5.75 Å². The van der Waals surface area contributed by atoms with Crippen LogP contribution >= 0.6 is 0 Å². The molecule has 1 aromatic heterocycles. The van der Waals surface area contributed by atoms with Crippen molar-refractivity contribution in [2.75, 3.05) is 11.9 Å². The number of hydrogen-bond donors (Lipinski definition) is 2. The molecule has 1 atom stereocenters. The Morgan fingerprint density at radius 1 is 1.35 bits per heavy atom. The summed E-state index contributed by atoms with van der Waals surface area (Å²) >= 11 is 0. The van der Waals surface area contributed by atoms with Crippen LogP contribution in [0.3, 0.4) is 0 Å². The van der Waals surface area contributed by atoms with E-state index in [1.807, 2.05) is 6.92 Å². The largest absolute Gasteiger partial charge is 0.489 e. The van der Waals surface area contributed by atoms with E-state index in [0.29, 0.717) is 11.8 Å². The highest BCUT2D eigenvalue weighted by Crippen LogP contribution is 2.42. The van der Waals surface area contributed by atoms with Gasteiger partial charge in [-0.05, 0) is 19.1 Å². The van der Waals surface area contributed by atoms with Crippen molar-refractivity contribution in [3.63, 3.8) is 0 Å². The van der Waals surface area contributed by atoms with Gasteiger partial charge in [-0.2, -0.15) is 13.2 Å². The molecule has 20 heavy (non-hydrogen) atoms. The van der Waals surface area contributed by atoms with Gasteiger partial charge in [0.1, 0.15) is 6.61 Å². The van der Waals surface area contributed by atoms with E-state index in [1.165, 1.54) is 6.07 Å². The van der Waals surface area contributed by atoms with E-state index in [2.05, 4.69) is 10.3 Å². The molecule has 0 aliphatic carbocycles. The van der Waals surface area contributed by atoms with E-state index in [1.54, 1.807) is 6.07 Å².